The van der Waals surface area contributed by atoms with E-state index < -0.39 is 5.97 Å². The average Bonchev–Trinajstić information content (AvgIpc) is 2.86. The summed E-state index contributed by atoms with van der Waals surface area (Å²) in [6.45, 7) is 4.74. The Morgan fingerprint density at radius 1 is 1.67 bits per heavy atom. The van der Waals surface area contributed by atoms with Crippen molar-refractivity contribution in [2.45, 2.75) is 45.4 Å². The number of aromatic nitrogens is 2. The van der Waals surface area contributed by atoms with Crippen LogP contribution in [-0.2, 0) is 16.0 Å². The van der Waals surface area contributed by atoms with Crippen LogP contribution in [0.2, 0.25) is 0 Å². The van der Waals surface area contributed by atoms with Crippen molar-refractivity contribution in [1.29, 1.82) is 0 Å². The maximum Gasteiger partial charge on any atom is 0.361 e. The predicted octanol–water partition coefficient (Wildman–Crippen LogP) is 1.21. The molecule has 0 spiro atoms. The zero-order valence-electron chi connectivity index (χ0n) is 10.8. The summed E-state index contributed by atoms with van der Waals surface area (Å²) >= 11 is 0. The van der Waals surface area contributed by atoms with E-state index in [1.54, 1.807) is 17.8 Å². The van der Waals surface area contributed by atoms with E-state index in [1.165, 1.54) is 0 Å². The Labute approximate surface area is 106 Å². The third-order valence-corrected chi connectivity index (χ3v) is 2.97. The van der Waals surface area contributed by atoms with Crippen molar-refractivity contribution in [3.8, 4) is 0 Å². The molecule has 1 aliphatic rings. The Morgan fingerprint density at radius 2 is 2.44 bits per heavy atom. The molecule has 1 fully saturated rings. The van der Waals surface area contributed by atoms with Crippen LogP contribution in [0.25, 0.3) is 0 Å². The van der Waals surface area contributed by atoms with E-state index in [9.17, 15) is 4.79 Å². The largest absolute Gasteiger partial charge is 0.461 e. The molecule has 0 radical (unpaired) electrons. The first-order valence-electron chi connectivity index (χ1n) is 6.25. The van der Waals surface area contributed by atoms with E-state index in [4.69, 9.17) is 15.2 Å². The van der Waals surface area contributed by atoms with Gasteiger partial charge in [-0.3, -0.25) is 4.68 Å². The summed E-state index contributed by atoms with van der Waals surface area (Å²) in [6, 6.07) is 0. The summed E-state index contributed by atoms with van der Waals surface area (Å²) in [6.07, 6.45) is 4.17. The number of hydrogen-bond acceptors (Lipinski definition) is 5. The fourth-order valence-corrected chi connectivity index (χ4v) is 2.12. The van der Waals surface area contributed by atoms with Crippen LogP contribution >= 0.6 is 0 Å². The minimum Gasteiger partial charge on any atom is -0.461 e. The molecule has 2 rings (SSSR count). The van der Waals surface area contributed by atoms with Gasteiger partial charge in [-0.25, -0.2) is 4.79 Å². The highest BCUT2D eigenvalue weighted by Gasteiger charge is 2.23. The van der Waals surface area contributed by atoms with Gasteiger partial charge in [0.15, 0.2) is 5.69 Å². The summed E-state index contributed by atoms with van der Waals surface area (Å²) in [5.74, 6) is -0.477. The minimum atomic E-state index is -0.477. The molecular formula is C12H19N3O3. The lowest BCUT2D eigenvalue weighted by Gasteiger charge is -2.10. The SMILES string of the molecule is CCOC(=O)c1nn(CC2CCC(C)O2)cc1N. The highest BCUT2D eigenvalue weighted by molar-refractivity contribution is 5.92. The Morgan fingerprint density at radius 3 is 3.06 bits per heavy atom. The van der Waals surface area contributed by atoms with Gasteiger partial charge in [0.05, 0.1) is 31.0 Å². The van der Waals surface area contributed by atoms with Crippen molar-refractivity contribution in [1.82, 2.24) is 9.78 Å². The van der Waals surface area contributed by atoms with E-state index in [2.05, 4.69) is 12.0 Å². The summed E-state index contributed by atoms with van der Waals surface area (Å²) in [5, 5.41) is 4.15. The first-order chi connectivity index (χ1) is 8.60. The number of esters is 1. The molecule has 1 aromatic rings. The first-order valence-corrected chi connectivity index (χ1v) is 6.25. The Kier molecular flexibility index (Phi) is 3.86. The van der Waals surface area contributed by atoms with Crippen molar-refractivity contribution in [2.75, 3.05) is 12.3 Å². The van der Waals surface area contributed by atoms with Gasteiger partial charge < -0.3 is 15.2 Å². The lowest BCUT2D eigenvalue weighted by Crippen LogP contribution is -2.17. The monoisotopic (exact) mass is 253 g/mol. The zero-order valence-corrected chi connectivity index (χ0v) is 10.8. The summed E-state index contributed by atoms with van der Waals surface area (Å²) in [7, 11) is 0. The van der Waals surface area contributed by atoms with Crippen molar-refractivity contribution in [3.05, 3.63) is 11.9 Å². The number of nitrogens with zero attached hydrogens (tertiary/aromatic N) is 2. The van der Waals surface area contributed by atoms with Gasteiger partial charge in [-0.1, -0.05) is 0 Å². The number of anilines is 1. The van der Waals surface area contributed by atoms with Gasteiger partial charge in [-0.05, 0) is 26.7 Å². The second-order valence-corrected chi connectivity index (χ2v) is 4.52. The quantitative estimate of drug-likeness (QED) is 0.816. The zero-order chi connectivity index (χ0) is 13.1. The van der Waals surface area contributed by atoms with Crippen molar-refractivity contribution in [3.63, 3.8) is 0 Å². The van der Waals surface area contributed by atoms with Crippen LogP contribution < -0.4 is 5.73 Å². The van der Waals surface area contributed by atoms with Gasteiger partial charge in [0, 0.05) is 6.20 Å². The molecule has 2 atom stereocenters. The molecule has 0 aliphatic carbocycles. The Hall–Kier alpha value is -1.56. The number of hydrogen-bond donors (Lipinski definition) is 1. The lowest BCUT2D eigenvalue weighted by atomic mass is 10.2. The predicted molar refractivity (Wildman–Crippen MR) is 66.2 cm³/mol. The molecule has 0 amide bonds. The summed E-state index contributed by atoms with van der Waals surface area (Å²) < 4.78 is 12.2. The number of ether oxygens (including phenoxy) is 2. The van der Waals surface area contributed by atoms with Crippen LogP contribution in [0, 0.1) is 0 Å². The Bertz CT molecular complexity index is 430. The number of nitrogen functional groups attached to an aromatic ring is 1. The molecule has 1 saturated heterocycles. The number of rotatable bonds is 4. The van der Waals surface area contributed by atoms with Crippen LogP contribution in [0.4, 0.5) is 5.69 Å². The fraction of sp³-hybridized carbons (Fsp3) is 0.667. The minimum absolute atomic E-state index is 0.148. The smallest absolute Gasteiger partial charge is 0.361 e. The number of nitrogens with two attached hydrogens (primary N) is 1. The molecular weight excluding hydrogens is 234 g/mol. The third kappa shape index (κ3) is 2.81. The van der Waals surface area contributed by atoms with Gasteiger partial charge in [-0.15, -0.1) is 0 Å². The molecule has 0 bridgehead atoms. The number of carbonyl (C=O) groups is 1. The van der Waals surface area contributed by atoms with Crippen LogP contribution in [0.5, 0.6) is 0 Å². The maximum absolute atomic E-state index is 11.6. The van der Waals surface area contributed by atoms with E-state index in [0.717, 1.165) is 12.8 Å². The van der Waals surface area contributed by atoms with Gasteiger partial charge in [-0.2, -0.15) is 5.10 Å². The third-order valence-electron chi connectivity index (χ3n) is 2.97. The molecule has 0 aromatic carbocycles. The molecule has 2 unspecified atom stereocenters. The normalized spacial score (nSPS) is 23.2. The molecule has 1 aliphatic heterocycles. The molecule has 0 saturated carbocycles. The Balaban J connectivity index is 2.02. The topological polar surface area (TPSA) is 79.4 Å². The molecule has 18 heavy (non-hydrogen) atoms. The first kappa shape index (κ1) is 12.9. The van der Waals surface area contributed by atoms with E-state index in [1.807, 2.05) is 0 Å². The van der Waals surface area contributed by atoms with Gasteiger partial charge in [0.25, 0.3) is 0 Å². The summed E-state index contributed by atoms with van der Waals surface area (Å²) in [5.41, 5.74) is 6.28. The highest BCUT2D eigenvalue weighted by Crippen LogP contribution is 2.21. The van der Waals surface area contributed by atoms with Gasteiger partial charge in [0.1, 0.15) is 0 Å². The van der Waals surface area contributed by atoms with Crippen molar-refractivity contribution in [2.24, 2.45) is 0 Å². The fourth-order valence-electron chi connectivity index (χ4n) is 2.12. The van der Waals surface area contributed by atoms with Crippen LogP contribution in [-0.4, -0.2) is 34.6 Å². The molecule has 100 valence electrons. The molecule has 2 N–H and O–H groups in total. The lowest BCUT2D eigenvalue weighted by molar-refractivity contribution is 0.0427. The summed E-state index contributed by atoms with van der Waals surface area (Å²) in [4.78, 5) is 11.6. The van der Waals surface area contributed by atoms with Crippen LogP contribution in [0.3, 0.4) is 0 Å². The molecule has 2 heterocycles. The van der Waals surface area contributed by atoms with E-state index >= 15 is 0 Å². The molecule has 1 aromatic heterocycles. The van der Waals surface area contributed by atoms with Gasteiger partial charge >= 0.3 is 5.97 Å². The second kappa shape index (κ2) is 5.39. The van der Waals surface area contributed by atoms with Crippen molar-refractivity contribution < 1.29 is 14.3 Å². The van der Waals surface area contributed by atoms with Crippen LogP contribution in [0.15, 0.2) is 6.20 Å². The van der Waals surface area contributed by atoms with Gasteiger partial charge in [0.2, 0.25) is 0 Å². The second-order valence-electron chi connectivity index (χ2n) is 4.52. The maximum atomic E-state index is 11.6. The van der Waals surface area contributed by atoms with E-state index in [-0.39, 0.29) is 11.8 Å². The number of carbonyl (C=O) groups excluding carboxylic acids is 1. The van der Waals surface area contributed by atoms with E-state index in [0.29, 0.717) is 24.9 Å². The highest BCUT2D eigenvalue weighted by atomic mass is 16.5. The standard InChI is InChI=1S/C12H19N3O3/c1-3-17-12(16)11-10(13)7-15(14-11)6-9-5-4-8(2)18-9/h7-9H,3-6,13H2,1-2H3. The molecule has 6 nitrogen and oxygen atoms in total. The van der Waals surface area contributed by atoms with Crippen molar-refractivity contribution >= 4 is 11.7 Å². The molecule has 6 heteroatoms. The van der Waals surface area contributed by atoms with Crippen LogP contribution in [0.1, 0.15) is 37.2 Å². The average molecular weight is 253 g/mol.